The maximum Gasteiger partial charge on any atom is 0.146 e. The van der Waals surface area contributed by atoms with E-state index < -0.39 is 11.9 Å². The molecule has 0 saturated carbocycles. The maximum absolute atomic E-state index is 13.5. The summed E-state index contributed by atoms with van der Waals surface area (Å²) < 4.78 is 14.1. The number of halogens is 3. The summed E-state index contributed by atoms with van der Waals surface area (Å²) in [5.41, 5.74) is 5.91. The first-order valence-electron chi connectivity index (χ1n) is 4.05. The van der Waals surface area contributed by atoms with Crippen LogP contribution in [0.4, 0.5) is 4.39 Å². The van der Waals surface area contributed by atoms with E-state index in [1.165, 1.54) is 6.07 Å². The summed E-state index contributed by atoms with van der Waals surface area (Å²) in [5.74, 6) is -0.482. The third kappa shape index (κ3) is 2.67. The van der Waals surface area contributed by atoms with E-state index in [1.807, 2.05) is 0 Å². The van der Waals surface area contributed by atoms with E-state index in [4.69, 9.17) is 22.4 Å². The fourth-order valence-corrected chi connectivity index (χ4v) is 1.73. The lowest BCUT2D eigenvalue weighted by Crippen LogP contribution is -2.27. The molecule has 5 heteroatoms. The average molecular weight is 283 g/mol. The van der Waals surface area contributed by atoms with Crippen molar-refractivity contribution in [1.29, 1.82) is 0 Å². The Morgan fingerprint density at radius 2 is 2.21 bits per heavy atom. The van der Waals surface area contributed by atoms with Crippen molar-refractivity contribution in [2.24, 2.45) is 5.73 Å². The van der Waals surface area contributed by atoms with Gasteiger partial charge in [0.25, 0.3) is 0 Å². The Morgan fingerprint density at radius 3 is 2.79 bits per heavy atom. The molecule has 0 saturated heterocycles. The summed E-state index contributed by atoms with van der Waals surface area (Å²) in [6.07, 6.45) is 0.253. The van der Waals surface area contributed by atoms with E-state index >= 15 is 0 Å². The zero-order chi connectivity index (χ0) is 10.7. The van der Waals surface area contributed by atoms with Gasteiger partial charge in [-0.25, -0.2) is 4.39 Å². The summed E-state index contributed by atoms with van der Waals surface area (Å²) in [5, 5.41) is 8.81. The van der Waals surface area contributed by atoms with E-state index in [1.54, 1.807) is 6.07 Å². The first-order chi connectivity index (χ1) is 6.56. The number of hydrogen-bond donors (Lipinski definition) is 2. The van der Waals surface area contributed by atoms with Crippen molar-refractivity contribution in [2.75, 3.05) is 6.61 Å². The normalized spacial score (nSPS) is 12.9. The van der Waals surface area contributed by atoms with E-state index in [0.717, 1.165) is 0 Å². The van der Waals surface area contributed by atoms with Gasteiger partial charge in [0, 0.05) is 16.1 Å². The largest absolute Gasteiger partial charge is 0.395 e. The van der Waals surface area contributed by atoms with Crippen LogP contribution >= 0.6 is 27.5 Å². The van der Waals surface area contributed by atoms with Crippen LogP contribution in [0.15, 0.2) is 16.6 Å². The van der Waals surface area contributed by atoms with Crippen molar-refractivity contribution < 1.29 is 9.50 Å². The summed E-state index contributed by atoms with van der Waals surface area (Å²) in [7, 11) is 0. The van der Waals surface area contributed by atoms with Crippen LogP contribution in [-0.4, -0.2) is 17.8 Å². The molecule has 1 aromatic rings. The lowest BCUT2D eigenvalue weighted by molar-refractivity contribution is 0.264. The molecule has 0 spiro atoms. The number of aliphatic hydroxyl groups excluding tert-OH is 1. The number of benzene rings is 1. The second-order valence-electron chi connectivity index (χ2n) is 2.97. The molecule has 0 bridgehead atoms. The fourth-order valence-electron chi connectivity index (χ4n) is 1.08. The van der Waals surface area contributed by atoms with Crippen LogP contribution in [-0.2, 0) is 6.42 Å². The summed E-state index contributed by atoms with van der Waals surface area (Å²) in [4.78, 5) is 0. The van der Waals surface area contributed by atoms with Gasteiger partial charge < -0.3 is 10.8 Å². The van der Waals surface area contributed by atoms with Crippen molar-refractivity contribution in [3.8, 4) is 0 Å². The van der Waals surface area contributed by atoms with Crippen molar-refractivity contribution in [3.63, 3.8) is 0 Å². The highest BCUT2D eigenvalue weighted by Crippen LogP contribution is 2.26. The van der Waals surface area contributed by atoms with E-state index in [-0.39, 0.29) is 18.1 Å². The summed E-state index contributed by atoms with van der Waals surface area (Å²) in [6, 6.07) is 2.65. The van der Waals surface area contributed by atoms with Gasteiger partial charge in [-0.1, -0.05) is 27.5 Å². The minimum absolute atomic E-state index is 0.0633. The van der Waals surface area contributed by atoms with Gasteiger partial charge in [-0.3, -0.25) is 0 Å². The fraction of sp³-hybridized carbons (Fsp3) is 0.333. The van der Waals surface area contributed by atoms with Crippen LogP contribution < -0.4 is 5.73 Å². The van der Waals surface area contributed by atoms with Crippen molar-refractivity contribution in [3.05, 3.63) is 33.0 Å². The molecule has 1 aromatic carbocycles. The molecular weight excluding hydrogens is 272 g/mol. The van der Waals surface area contributed by atoms with Gasteiger partial charge in [0.1, 0.15) is 5.82 Å². The van der Waals surface area contributed by atoms with Crippen LogP contribution in [0.1, 0.15) is 5.56 Å². The first-order valence-corrected chi connectivity index (χ1v) is 5.22. The standard InChI is InChI=1S/C9H10BrClFNO/c10-7-1-2-8(11)9(12)6(7)3-5(13)4-14/h1-2,5,14H,3-4,13H2. The molecule has 78 valence electrons. The van der Waals surface area contributed by atoms with Gasteiger partial charge in [-0.15, -0.1) is 0 Å². The minimum atomic E-state index is -0.482. The minimum Gasteiger partial charge on any atom is -0.395 e. The van der Waals surface area contributed by atoms with Crippen LogP contribution in [0, 0.1) is 5.82 Å². The Kier molecular flexibility index (Phi) is 4.31. The van der Waals surface area contributed by atoms with Crippen molar-refractivity contribution >= 4 is 27.5 Å². The molecule has 3 N–H and O–H groups in total. The predicted molar refractivity (Wildman–Crippen MR) is 57.9 cm³/mol. The van der Waals surface area contributed by atoms with Gasteiger partial charge in [0.05, 0.1) is 11.6 Å². The average Bonchev–Trinajstić information content (AvgIpc) is 2.18. The second-order valence-corrected chi connectivity index (χ2v) is 4.23. The molecule has 0 heterocycles. The first kappa shape index (κ1) is 11.9. The number of nitrogens with two attached hydrogens (primary N) is 1. The lowest BCUT2D eigenvalue weighted by atomic mass is 10.1. The summed E-state index contributed by atoms with van der Waals surface area (Å²) in [6.45, 7) is -0.182. The molecule has 0 aliphatic carbocycles. The number of aliphatic hydroxyl groups is 1. The molecule has 2 nitrogen and oxygen atoms in total. The van der Waals surface area contributed by atoms with Crippen molar-refractivity contribution in [2.45, 2.75) is 12.5 Å². The van der Waals surface area contributed by atoms with Crippen LogP contribution in [0.25, 0.3) is 0 Å². The van der Waals surface area contributed by atoms with Crippen LogP contribution in [0.3, 0.4) is 0 Å². The van der Waals surface area contributed by atoms with Gasteiger partial charge in [-0.05, 0) is 18.6 Å². The van der Waals surface area contributed by atoms with Crippen LogP contribution in [0.2, 0.25) is 5.02 Å². The molecule has 14 heavy (non-hydrogen) atoms. The maximum atomic E-state index is 13.5. The smallest absolute Gasteiger partial charge is 0.146 e. The van der Waals surface area contributed by atoms with Gasteiger partial charge >= 0.3 is 0 Å². The SMILES string of the molecule is NC(CO)Cc1c(Br)ccc(Cl)c1F. The van der Waals surface area contributed by atoms with E-state index in [2.05, 4.69) is 15.9 Å². The number of rotatable bonds is 3. The Bertz CT molecular complexity index is 335. The summed E-state index contributed by atoms with van der Waals surface area (Å²) >= 11 is 8.82. The van der Waals surface area contributed by atoms with E-state index in [9.17, 15) is 4.39 Å². The number of hydrogen-bond acceptors (Lipinski definition) is 2. The van der Waals surface area contributed by atoms with Crippen molar-refractivity contribution in [1.82, 2.24) is 0 Å². The highest BCUT2D eigenvalue weighted by atomic mass is 79.9. The molecule has 1 atom stereocenters. The highest BCUT2D eigenvalue weighted by Gasteiger charge is 2.13. The third-order valence-corrected chi connectivity index (χ3v) is 2.87. The van der Waals surface area contributed by atoms with Crippen LogP contribution in [0.5, 0.6) is 0 Å². The molecule has 0 aromatic heterocycles. The topological polar surface area (TPSA) is 46.2 Å². The molecule has 1 rings (SSSR count). The monoisotopic (exact) mass is 281 g/mol. The second kappa shape index (κ2) is 5.07. The molecule has 1 unspecified atom stereocenters. The zero-order valence-electron chi connectivity index (χ0n) is 7.30. The highest BCUT2D eigenvalue weighted by molar-refractivity contribution is 9.10. The van der Waals surface area contributed by atoms with Gasteiger partial charge in [0.15, 0.2) is 0 Å². The predicted octanol–water partition coefficient (Wildman–Crippen LogP) is 2.10. The molecule has 0 amide bonds. The van der Waals surface area contributed by atoms with E-state index in [0.29, 0.717) is 10.0 Å². The molecule has 0 aliphatic rings. The molecule has 0 aliphatic heterocycles. The Morgan fingerprint density at radius 1 is 1.57 bits per heavy atom. The lowest BCUT2D eigenvalue weighted by Gasteiger charge is -2.11. The Labute approximate surface area is 95.0 Å². The molecule has 0 fully saturated rings. The third-order valence-electron chi connectivity index (χ3n) is 1.84. The van der Waals surface area contributed by atoms with Gasteiger partial charge in [0.2, 0.25) is 0 Å². The Balaban J connectivity index is 3.00. The quantitative estimate of drug-likeness (QED) is 0.834. The zero-order valence-corrected chi connectivity index (χ0v) is 9.65. The molecule has 0 radical (unpaired) electrons. The Hall–Kier alpha value is -0.160. The van der Waals surface area contributed by atoms with Gasteiger partial charge in [-0.2, -0.15) is 0 Å². The molecular formula is C9H10BrClFNO.